The van der Waals surface area contributed by atoms with E-state index in [4.69, 9.17) is 11.6 Å². The Morgan fingerprint density at radius 3 is 2.91 bits per heavy atom. The molecule has 1 aromatic rings. The monoisotopic (exact) mass is 173 g/mol. The maximum Gasteiger partial charge on any atom is 0.102 e. The van der Waals surface area contributed by atoms with E-state index in [1.165, 1.54) is 10.9 Å². The molecule has 0 N–H and O–H groups in total. The zero-order valence-electron chi connectivity index (χ0n) is 5.87. The summed E-state index contributed by atoms with van der Waals surface area (Å²) in [5, 5.41) is 14.2. The molecule has 0 saturated heterocycles. The van der Waals surface area contributed by atoms with E-state index in [0.29, 0.717) is 6.54 Å². The van der Waals surface area contributed by atoms with Crippen molar-refractivity contribution in [2.45, 2.75) is 13.5 Å². The third-order valence-corrected chi connectivity index (χ3v) is 1.56. The molecule has 1 heterocycles. The van der Waals surface area contributed by atoms with Crippen LogP contribution in [0.4, 0.5) is 0 Å². The van der Waals surface area contributed by atoms with Crippen LogP contribution in [0.25, 0.3) is 0 Å². The predicted molar refractivity (Wildman–Crippen MR) is 37.2 cm³/mol. The molecule has 0 aliphatic carbocycles. The first-order valence-corrected chi connectivity index (χ1v) is 3.47. The fourth-order valence-electron chi connectivity index (χ4n) is 0.805. The molecular weight excluding hydrogens is 168 g/mol. The Bertz CT molecular complexity index is 282. The van der Waals surface area contributed by atoms with Gasteiger partial charge >= 0.3 is 0 Å². The van der Waals surface area contributed by atoms with E-state index in [1.54, 1.807) is 6.92 Å². The number of rotatable bonds is 2. The van der Waals surface area contributed by atoms with Gasteiger partial charge in [-0.1, -0.05) is 11.6 Å². The van der Waals surface area contributed by atoms with Crippen molar-refractivity contribution >= 4 is 17.6 Å². The lowest BCUT2D eigenvalue weighted by Gasteiger charge is -2.04. The van der Waals surface area contributed by atoms with Crippen molar-refractivity contribution in [3.8, 4) is 0 Å². The molecule has 5 heteroatoms. The Kier molecular flexibility index (Phi) is 2.14. The molecule has 0 aliphatic heterocycles. The molecule has 4 nitrogen and oxygen atoms in total. The number of halogens is 1. The molecule has 0 atom stereocenters. The average Bonchev–Trinajstić information content (AvgIpc) is 2.30. The maximum absolute atomic E-state index is 10.4. The molecule has 0 fully saturated rings. The van der Waals surface area contributed by atoms with Gasteiger partial charge in [-0.25, -0.2) is 0 Å². The van der Waals surface area contributed by atoms with Crippen molar-refractivity contribution in [2.75, 3.05) is 0 Å². The highest BCUT2D eigenvalue weighted by molar-refractivity contribution is 6.33. The van der Waals surface area contributed by atoms with Crippen LogP contribution < -0.4 is 5.11 Å². The van der Waals surface area contributed by atoms with Gasteiger partial charge in [-0.3, -0.25) is 4.68 Å². The number of carbonyl (C=O) groups excluding carboxylic acids is 1. The SMILES string of the molecule is CCn1ncc(Cl)c1C(=O)[O-]. The fourth-order valence-corrected chi connectivity index (χ4v) is 1.02. The summed E-state index contributed by atoms with van der Waals surface area (Å²) in [5.74, 6) is -1.30. The molecule has 0 aliphatic rings. The normalized spacial score (nSPS) is 10.0. The number of aromatic nitrogens is 2. The topological polar surface area (TPSA) is 58.0 Å². The lowest BCUT2D eigenvalue weighted by molar-refractivity contribution is -0.255. The van der Waals surface area contributed by atoms with E-state index in [9.17, 15) is 9.90 Å². The van der Waals surface area contributed by atoms with Crippen molar-refractivity contribution in [2.24, 2.45) is 0 Å². The second kappa shape index (κ2) is 2.92. The summed E-state index contributed by atoms with van der Waals surface area (Å²) in [7, 11) is 0. The van der Waals surface area contributed by atoms with Crippen LogP contribution in [0.2, 0.25) is 5.02 Å². The van der Waals surface area contributed by atoms with Gasteiger partial charge in [-0.2, -0.15) is 5.10 Å². The molecule has 0 bridgehead atoms. The summed E-state index contributed by atoms with van der Waals surface area (Å²) in [6, 6.07) is 0. The van der Waals surface area contributed by atoms with Crippen molar-refractivity contribution < 1.29 is 9.90 Å². The summed E-state index contributed by atoms with van der Waals surface area (Å²) in [6.45, 7) is 2.24. The summed E-state index contributed by atoms with van der Waals surface area (Å²) in [6.07, 6.45) is 1.29. The van der Waals surface area contributed by atoms with E-state index >= 15 is 0 Å². The number of carboxylic acids is 1. The van der Waals surface area contributed by atoms with E-state index in [-0.39, 0.29) is 10.7 Å². The summed E-state index contributed by atoms with van der Waals surface area (Å²) in [4.78, 5) is 10.4. The Morgan fingerprint density at radius 1 is 1.91 bits per heavy atom. The van der Waals surface area contributed by atoms with Gasteiger partial charge in [0, 0.05) is 6.54 Å². The Morgan fingerprint density at radius 2 is 2.55 bits per heavy atom. The molecule has 0 amide bonds. The number of nitrogens with zero attached hydrogens (tertiary/aromatic N) is 2. The van der Waals surface area contributed by atoms with Crippen molar-refractivity contribution in [1.29, 1.82) is 0 Å². The number of aryl methyl sites for hydroxylation is 1. The minimum Gasteiger partial charge on any atom is -0.543 e. The van der Waals surface area contributed by atoms with Crippen molar-refractivity contribution in [3.63, 3.8) is 0 Å². The molecule has 1 rings (SSSR count). The quantitative estimate of drug-likeness (QED) is 0.629. The molecule has 0 radical (unpaired) electrons. The largest absolute Gasteiger partial charge is 0.543 e. The van der Waals surface area contributed by atoms with Gasteiger partial charge in [-0.15, -0.1) is 0 Å². The zero-order chi connectivity index (χ0) is 8.43. The van der Waals surface area contributed by atoms with Gasteiger partial charge in [0.1, 0.15) is 5.69 Å². The van der Waals surface area contributed by atoms with Gasteiger partial charge in [0.05, 0.1) is 17.2 Å². The Balaban J connectivity index is 3.17. The summed E-state index contributed by atoms with van der Waals surface area (Å²) in [5.41, 5.74) is -0.0610. The summed E-state index contributed by atoms with van der Waals surface area (Å²) >= 11 is 5.51. The first-order chi connectivity index (χ1) is 5.16. The van der Waals surface area contributed by atoms with Gasteiger partial charge in [0.25, 0.3) is 0 Å². The lowest BCUT2D eigenvalue weighted by Crippen LogP contribution is -2.26. The molecule has 0 unspecified atom stereocenters. The van der Waals surface area contributed by atoms with E-state index in [0.717, 1.165) is 0 Å². The number of hydrogen-bond donors (Lipinski definition) is 0. The van der Waals surface area contributed by atoms with Crippen molar-refractivity contribution in [3.05, 3.63) is 16.9 Å². The van der Waals surface area contributed by atoms with E-state index in [2.05, 4.69) is 5.10 Å². The van der Waals surface area contributed by atoms with Crippen LogP contribution in [-0.2, 0) is 6.54 Å². The smallest absolute Gasteiger partial charge is 0.102 e. The molecular formula is C6H6ClN2O2-. The van der Waals surface area contributed by atoms with Crippen LogP contribution in [0.5, 0.6) is 0 Å². The molecule has 60 valence electrons. The van der Waals surface area contributed by atoms with Crippen LogP contribution in [0.1, 0.15) is 17.4 Å². The van der Waals surface area contributed by atoms with Gasteiger partial charge < -0.3 is 9.90 Å². The van der Waals surface area contributed by atoms with Gasteiger partial charge in [0.2, 0.25) is 0 Å². The third kappa shape index (κ3) is 1.35. The Hall–Kier alpha value is -1.03. The predicted octanol–water partition coefficient (Wildman–Crippen LogP) is -0.0801. The lowest BCUT2D eigenvalue weighted by atomic mass is 10.4. The highest BCUT2D eigenvalue weighted by atomic mass is 35.5. The molecule has 0 aromatic carbocycles. The second-order valence-corrected chi connectivity index (χ2v) is 2.35. The van der Waals surface area contributed by atoms with Crippen LogP contribution in [0.15, 0.2) is 6.20 Å². The third-order valence-electron chi connectivity index (χ3n) is 1.29. The molecule has 0 saturated carbocycles. The first-order valence-electron chi connectivity index (χ1n) is 3.09. The maximum atomic E-state index is 10.4. The molecule has 11 heavy (non-hydrogen) atoms. The molecule has 1 aromatic heterocycles. The zero-order valence-corrected chi connectivity index (χ0v) is 6.63. The van der Waals surface area contributed by atoms with Gasteiger partial charge in [0.15, 0.2) is 0 Å². The Labute approximate surface area is 68.4 Å². The average molecular weight is 174 g/mol. The van der Waals surface area contributed by atoms with Crippen LogP contribution >= 0.6 is 11.6 Å². The second-order valence-electron chi connectivity index (χ2n) is 1.94. The number of aromatic carboxylic acids is 1. The van der Waals surface area contributed by atoms with Crippen LogP contribution in [0, 0.1) is 0 Å². The van der Waals surface area contributed by atoms with E-state index in [1.807, 2.05) is 0 Å². The molecule has 0 spiro atoms. The van der Waals surface area contributed by atoms with Gasteiger partial charge in [-0.05, 0) is 6.92 Å². The number of carbonyl (C=O) groups is 1. The fraction of sp³-hybridized carbons (Fsp3) is 0.333. The summed E-state index contributed by atoms with van der Waals surface area (Å²) < 4.78 is 1.28. The standard InChI is InChI=1S/C6H7ClN2O2/c1-2-9-5(6(10)11)4(7)3-8-9/h3H,2H2,1H3,(H,10,11)/p-1. The number of carboxylic acid groups (broad SMARTS) is 1. The van der Waals surface area contributed by atoms with E-state index < -0.39 is 5.97 Å². The highest BCUT2D eigenvalue weighted by Gasteiger charge is 2.07. The highest BCUT2D eigenvalue weighted by Crippen LogP contribution is 2.13. The minimum absolute atomic E-state index is 0.0610. The van der Waals surface area contributed by atoms with Crippen LogP contribution in [0.3, 0.4) is 0 Å². The van der Waals surface area contributed by atoms with Crippen LogP contribution in [-0.4, -0.2) is 15.7 Å². The number of hydrogen-bond acceptors (Lipinski definition) is 3. The minimum atomic E-state index is -1.30. The van der Waals surface area contributed by atoms with Crippen molar-refractivity contribution in [1.82, 2.24) is 9.78 Å². The first kappa shape index (κ1) is 8.07.